The van der Waals surface area contributed by atoms with Gasteiger partial charge in [0.15, 0.2) is 5.01 Å². The number of aryl methyl sites for hydroxylation is 1. The van der Waals surface area contributed by atoms with Crippen molar-refractivity contribution in [3.05, 3.63) is 23.2 Å². The van der Waals surface area contributed by atoms with E-state index in [0.717, 1.165) is 39.9 Å². The van der Waals surface area contributed by atoms with Crippen molar-refractivity contribution in [3.63, 3.8) is 0 Å². The molecule has 1 aromatic carbocycles. The SMILES string of the molecule is COc1cccc(OC)c1-c1nnc(CCCN)s1. The highest BCUT2D eigenvalue weighted by Gasteiger charge is 2.16. The highest BCUT2D eigenvalue weighted by Crippen LogP contribution is 2.39. The van der Waals surface area contributed by atoms with Gasteiger partial charge in [0.2, 0.25) is 0 Å². The molecule has 2 N–H and O–H groups in total. The Kier molecular flexibility index (Phi) is 4.70. The van der Waals surface area contributed by atoms with Crippen LogP contribution in [0.1, 0.15) is 11.4 Å². The van der Waals surface area contributed by atoms with Crippen LogP contribution in [0.25, 0.3) is 10.6 Å². The molecule has 1 heterocycles. The van der Waals surface area contributed by atoms with E-state index < -0.39 is 0 Å². The molecule has 0 bridgehead atoms. The number of hydrogen-bond acceptors (Lipinski definition) is 6. The van der Waals surface area contributed by atoms with Gasteiger partial charge in [0.25, 0.3) is 0 Å². The smallest absolute Gasteiger partial charge is 0.155 e. The Hall–Kier alpha value is -1.66. The molecule has 0 saturated carbocycles. The Morgan fingerprint density at radius 1 is 1.16 bits per heavy atom. The molecule has 0 spiro atoms. The molecule has 5 nitrogen and oxygen atoms in total. The van der Waals surface area contributed by atoms with E-state index >= 15 is 0 Å². The van der Waals surface area contributed by atoms with Crippen LogP contribution in [0.4, 0.5) is 0 Å². The number of ether oxygens (including phenoxy) is 2. The maximum Gasteiger partial charge on any atom is 0.155 e. The summed E-state index contributed by atoms with van der Waals surface area (Å²) in [6, 6.07) is 5.66. The molecule has 1 aromatic heterocycles. The van der Waals surface area contributed by atoms with Gasteiger partial charge in [0, 0.05) is 6.42 Å². The number of nitrogens with two attached hydrogens (primary N) is 1. The van der Waals surface area contributed by atoms with E-state index in [0.29, 0.717) is 6.54 Å². The lowest BCUT2D eigenvalue weighted by Gasteiger charge is -2.09. The molecule has 102 valence electrons. The molecule has 0 unspecified atom stereocenters. The third-order valence-corrected chi connectivity index (χ3v) is 3.70. The Bertz CT molecular complexity index is 520. The predicted molar refractivity (Wildman–Crippen MR) is 75.8 cm³/mol. The molecule has 0 aliphatic heterocycles. The first kappa shape index (κ1) is 13.8. The number of nitrogens with zero attached hydrogens (tertiary/aromatic N) is 2. The van der Waals surface area contributed by atoms with Crippen LogP contribution >= 0.6 is 11.3 Å². The maximum atomic E-state index is 5.50. The van der Waals surface area contributed by atoms with Crippen molar-refractivity contribution in [2.75, 3.05) is 20.8 Å². The van der Waals surface area contributed by atoms with E-state index in [-0.39, 0.29) is 0 Å². The minimum atomic E-state index is 0.660. The van der Waals surface area contributed by atoms with Crippen LogP contribution in [-0.2, 0) is 6.42 Å². The van der Waals surface area contributed by atoms with Crippen molar-refractivity contribution in [2.45, 2.75) is 12.8 Å². The van der Waals surface area contributed by atoms with Crippen LogP contribution < -0.4 is 15.2 Å². The van der Waals surface area contributed by atoms with Crippen molar-refractivity contribution < 1.29 is 9.47 Å². The lowest BCUT2D eigenvalue weighted by molar-refractivity contribution is 0.397. The molecule has 0 saturated heterocycles. The molecule has 0 fully saturated rings. The van der Waals surface area contributed by atoms with Gasteiger partial charge in [0.05, 0.1) is 19.8 Å². The molecule has 0 radical (unpaired) electrons. The molecule has 0 atom stereocenters. The Labute approximate surface area is 116 Å². The van der Waals surface area contributed by atoms with Gasteiger partial charge in [0.1, 0.15) is 16.5 Å². The van der Waals surface area contributed by atoms with Crippen LogP contribution in [-0.4, -0.2) is 31.0 Å². The molecule has 0 aliphatic rings. The number of benzene rings is 1. The summed E-state index contributed by atoms with van der Waals surface area (Å²) in [7, 11) is 3.27. The van der Waals surface area contributed by atoms with Crippen molar-refractivity contribution >= 4 is 11.3 Å². The van der Waals surface area contributed by atoms with Gasteiger partial charge in [-0.25, -0.2) is 0 Å². The van der Waals surface area contributed by atoms with Crippen molar-refractivity contribution in [2.24, 2.45) is 5.73 Å². The summed E-state index contributed by atoms with van der Waals surface area (Å²) >= 11 is 1.55. The van der Waals surface area contributed by atoms with Crippen LogP contribution in [0.5, 0.6) is 11.5 Å². The van der Waals surface area contributed by atoms with Crippen LogP contribution in [0.15, 0.2) is 18.2 Å². The zero-order chi connectivity index (χ0) is 13.7. The second-order valence-corrected chi connectivity index (χ2v) is 4.99. The average molecular weight is 279 g/mol. The first-order valence-electron chi connectivity index (χ1n) is 6.04. The van der Waals surface area contributed by atoms with Crippen molar-refractivity contribution in [1.29, 1.82) is 0 Å². The average Bonchev–Trinajstić information content (AvgIpc) is 2.92. The van der Waals surface area contributed by atoms with Crippen LogP contribution in [0.2, 0.25) is 0 Å². The van der Waals surface area contributed by atoms with E-state index in [4.69, 9.17) is 15.2 Å². The predicted octanol–water partition coefficient (Wildman–Crippen LogP) is 2.11. The fourth-order valence-corrected chi connectivity index (χ4v) is 2.71. The van der Waals surface area contributed by atoms with Gasteiger partial charge in [-0.1, -0.05) is 17.4 Å². The highest BCUT2D eigenvalue weighted by atomic mass is 32.1. The minimum absolute atomic E-state index is 0.660. The van der Waals surface area contributed by atoms with Crippen LogP contribution in [0.3, 0.4) is 0 Å². The van der Waals surface area contributed by atoms with Crippen molar-refractivity contribution in [1.82, 2.24) is 10.2 Å². The zero-order valence-electron chi connectivity index (χ0n) is 11.0. The first-order valence-corrected chi connectivity index (χ1v) is 6.85. The van der Waals surface area contributed by atoms with E-state index in [1.165, 1.54) is 0 Å². The number of rotatable bonds is 6. The third kappa shape index (κ3) is 3.02. The normalized spacial score (nSPS) is 10.5. The molecule has 19 heavy (non-hydrogen) atoms. The molecular formula is C13H17N3O2S. The van der Waals surface area contributed by atoms with Gasteiger partial charge in [-0.3, -0.25) is 0 Å². The van der Waals surface area contributed by atoms with E-state index in [9.17, 15) is 0 Å². The molecule has 2 rings (SSSR count). The lowest BCUT2D eigenvalue weighted by atomic mass is 10.2. The quantitative estimate of drug-likeness (QED) is 0.877. The van der Waals surface area contributed by atoms with Gasteiger partial charge in [-0.15, -0.1) is 10.2 Å². The van der Waals surface area contributed by atoms with Gasteiger partial charge in [-0.05, 0) is 25.1 Å². The molecule has 0 amide bonds. The maximum absolute atomic E-state index is 5.50. The van der Waals surface area contributed by atoms with E-state index in [2.05, 4.69) is 10.2 Å². The first-order chi connectivity index (χ1) is 9.30. The Balaban J connectivity index is 2.37. The largest absolute Gasteiger partial charge is 0.496 e. The second-order valence-electron chi connectivity index (χ2n) is 3.93. The second kappa shape index (κ2) is 6.49. The summed E-state index contributed by atoms with van der Waals surface area (Å²) in [6.07, 6.45) is 1.77. The number of aromatic nitrogens is 2. The fraction of sp³-hybridized carbons (Fsp3) is 0.385. The van der Waals surface area contributed by atoms with Gasteiger partial charge in [-0.2, -0.15) is 0 Å². The number of methoxy groups -OCH3 is 2. The summed E-state index contributed by atoms with van der Waals surface area (Å²) in [5.41, 5.74) is 6.35. The topological polar surface area (TPSA) is 70.3 Å². The summed E-state index contributed by atoms with van der Waals surface area (Å²) < 4.78 is 10.7. The fourth-order valence-electron chi connectivity index (χ4n) is 1.77. The molecule has 2 aromatic rings. The van der Waals surface area contributed by atoms with E-state index in [1.54, 1.807) is 25.6 Å². The minimum Gasteiger partial charge on any atom is -0.496 e. The lowest BCUT2D eigenvalue weighted by Crippen LogP contribution is -1.99. The monoisotopic (exact) mass is 279 g/mol. The Morgan fingerprint density at radius 3 is 2.42 bits per heavy atom. The molecular weight excluding hydrogens is 262 g/mol. The highest BCUT2D eigenvalue weighted by molar-refractivity contribution is 7.14. The summed E-state index contributed by atoms with van der Waals surface area (Å²) in [4.78, 5) is 0. The summed E-state index contributed by atoms with van der Waals surface area (Å²) in [5.74, 6) is 1.47. The number of hydrogen-bond donors (Lipinski definition) is 1. The van der Waals surface area contributed by atoms with Gasteiger partial charge < -0.3 is 15.2 Å². The van der Waals surface area contributed by atoms with E-state index in [1.807, 2.05) is 18.2 Å². The molecule has 6 heteroatoms. The van der Waals surface area contributed by atoms with Crippen LogP contribution in [0, 0.1) is 0 Å². The third-order valence-electron chi connectivity index (χ3n) is 2.70. The summed E-state index contributed by atoms with van der Waals surface area (Å²) in [6.45, 7) is 0.660. The zero-order valence-corrected chi connectivity index (χ0v) is 11.9. The molecule has 0 aliphatic carbocycles. The Morgan fingerprint density at radius 2 is 1.84 bits per heavy atom. The summed E-state index contributed by atoms with van der Waals surface area (Å²) in [5, 5.41) is 10.2. The van der Waals surface area contributed by atoms with Gasteiger partial charge >= 0.3 is 0 Å². The van der Waals surface area contributed by atoms with Crippen molar-refractivity contribution in [3.8, 4) is 22.1 Å². The standard InChI is InChI=1S/C13H17N3O2S/c1-17-9-5-3-6-10(18-2)12(9)13-16-15-11(19-13)7-4-8-14/h3,5-6H,4,7-8,14H2,1-2H3.